The topological polar surface area (TPSA) is 0 Å². The van der Waals surface area contributed by atoms with Crippen LogP contribution < -0.4 is 0 Å². The smallest absolute Gasteiger partial charge is 0.0223 e. The largest absolute Gasteiger partial charge is 0.127 e. The van der Waals surface area contributed by atoms with Gasteiger partial charge in [-0.15, -0.1) is 11.6 Å². The van der Waals surface area contributed by atoms with Crippen molar-refractivity contribution >= 4 is 11.6 Å². The van der Waals surface area contributed by atoms with Crippen molar-refractivity contribution in [3.63, 3.8) is 0 Å². The van der Waals surface area contributed by atoms with Crippen molar-refractivity contribution in [2.45, 2.75) is 19.3 Å². The van der Waals surface area contributed by atoms with Crippen LogP contribution in [-0.2, 0) is 6.42 Å². The van der Waals surface area contributed by atoms with E-state index in [1.165, 1.54) is 5.56 Å². The lowest BCUT2D eigenvalue weighted by atomic mass is 10.1. The van der Waals surface area contributed by atoms with Gasteiger partial charge in [0.25, 0.3) is 0 Å². The van der Waals surface area contributed by atoms with Gasteiger partial charge in [0.1, 0.15) is 0 Å². The molecule has 0 heterocycles. The summed E-state index contributed by atoms with van der Waals surface area (Å²) in [5.41, 5.74) is 1.38. The molecular weight excluding hydrogens is 180 g/mol. The zero-order valence-electron chi connectivity index (χ0n) is 8.01. The van der Waals surface area contributed by atoms with Crippen molar-refractivity contribution in [1.82, 2.24) is 0 Å². The third-order valence-corrected chi connectivity index (χ3v) is 1.71. The minimum Gasteiger partial charge on any atom is -0.127 e. The normalized spacial score (nSPS) is 8.85. The molecule has 0 aliphatic rings. The Morgan fingerprint density at radius 1 is 1.00 bits per heavy atom. The van der Waals surface area contributed by atoms with Gasteiger partial charge in [-0.1, -0.05) is 44.2 Å². The molecule has 0 unspecified atom stereocenters. The summed E-state index contributed by atoms with van der Waals surface area (Å²) in [6.45, 7) is 7.25. The molecule has 72 valence electrons. The Morgan fingerprint density at radius 3 is 1.92 bits per heavy atom. The van der Waals surface area contributed by atoms with Crippen molar-refractivity contribution in [3.8, 4) is 0 Å². The molecule has 1 aromatic carbocycles. The van der Waals surface area contributed by atoms with E-state index in [1.54, 1.807) is 0 Å². The maximum Gasteiger partial charge on any atom is 0.0223 e. The molecule has 0 nitrogen and oxygen atoms in total. The second-order valence-corrected chi connectivity index (χ2v) is 3.01. The molecule has 0 amide bonds. The Kier molecular flexibility index (Phi) is 9.24. The van der Waals surface area contributed by atoms with E-state index < -0.39 is 0 Å². The Labute approximate surface area is 86.9 Å². The van der Waals surface area contributed by atoms with Gasteiger partial charge in [-0.3, -0.25) is 0 Å². The average Bonchev–Trinajstić information content (AvgIpc) is 2.20. The van der Waals surface area contributed by atoms with Crippen molar-refractivity contribution in [2.75, 3.05) is 5.88 Å². The molecule has 0 saturated carbocycles. The molecule has 1 aromatic rings. The number of benzene rings is 1. The Bertz CT molecular complexity index is 180. The summed E-state index contributed by atoms with van der Waals surface area (Å²) in [6, 6.07) is 10.4. The summed E-state index contributed by atoms with van der Waals surface area (Å²) in [4.78, 5) is 0. The zero-order chi connectivity index (χ0) is 9.94. The van der Waals surface area contributed by atoms with Crippen molar-refractivity contribution in [3.05, 3.63) is 49.7 Å². The van der Waals surface area contributed by atoms with Crippen LogP contribution in [-0.4, -0.2) is 5.88 Å². The zero-order valence-corrected chi connectivity index (χ0v) is 8.76. The van der Waals surface area contributed by atoms with Crippen LogP contribution in [0.1, 0.15) is 18.4 Å². The predicted octanol–water partition coefficient (Wildman–Crippen LogP) is 3.90. The van der Waals surface area contributed by atoms with Crippen LogP contribution in [0.5, 0.6) is 0 Å². The van der Waals surface area contributed by atoms with Crippen molar-refractivity contribution in [2.24, 2.45) is 0 Å². The Balaban J connectivity index is 0.000000310. The first-order valence-electron chi connectivity index (χ1n) is 4.53. The second kappa shape index (κ2) is 9.60. The van der Waals surface area contributed by atoms with Gasteiger partial charge < -0.3 is 0 Å². The molecular formula is C12H17Cl. The van der Waals surface area contributed by atoms with Crippen LogP contribution in [0, 0.1) is 13.8 Å². The summed E-state index contributed by atoms with van der Waals surface area (Å²) in [6.07, 6.45) is 2.92. The SMILES string of the molecule is [CH2]CCCl.[CH2]CCc1ccccc1. The van der Waals surface area contributed by atoms with Crippen molar-refractivity contribution < 1.29 is 0 Å². The van der Waals surface area contributed by atoms with E-state index >= 15 is 0 Å². The van der Waals surface area contributed by atoms with Gasteiger partial charge in [0.15, 0.2) is 0 Å². The van der Waals surface area contributed by atoms with E-state index in [1.807, 2.05) is 6.07 Å². The van der Waals surface area contributed by atoms with E-state index in [9.17, 15) is 0 Å². The number of hydrogen-bond acceptors (Lipinski definition) is 0. The lowest BCUT2D eigenvalue weighted by molar-refractivity contribution is 1.000. The minimum absolute atomic E-state index is 0.681. The lowest BCUT2D eigenvalue weighted by Crippen LogP contribution is -1.79. The first-order chi connectivity index (χ1) is 6.35. The van der Waals surface area contributed by atoms with Gasteiger partial charge >= 0.3 is 0 Å². The average molecular weight is 197 g/mol. The molecule has 0 spiro atoms. The summed E-state index contributed by atoms with van der Waals surface area (Å²) >= 11 is 5.12. The van der Waals surface area contributed by atoms with Crippen LogP contribution in [0.3, 0.4) is 0 Å². The number of rotatable bonds is 3. The van der Waals surface area contributed by atoms with E-state index in [0.717, 1.165) is 19.3 Å². The van der Waals surface area contributed by atoms with Gasteiger partial charge in [-0.05, 0) is 24.8 Å². The summed E-state index contributed by atoms with van der Waals surface area (Å²) < 4.78 is 0. The molecule has 13 heavy (non-hydrogen) atoms. The fourth-order valence-electron chi connectivity index (χ4n) is 0.849. The molecule has 0 saturated heterocycles. The van der Waals surface area contributed by atoms with E-state index in [-0.39, 0.29) is 0 Å². The number of hydrogen-bond donors (Lipinski definition) is 0. The first kappa shape index (κ1) is 12.5. The summed E-state index contributed by atoms with van der Waals surface area (Å²) in [5, 5.41) is 0. The number of halogens is 1. The molecule has 0 fully saturated rings. The molecule has 0 aliphatic carbocycles. The number of aryl methyl sites for hydroxylation is 1. The third kappa shape index (κ3) is 7.86. The van der Waals surface area contributed by atoms with Gasteiger partial charge in [-0.2, -0.15) is 0 Å². The van der Waals surface area contributed by atoms with Crippen LogP contribution in [0.2, 0.25) is 0 Å². The molecule has 0 aliphatic heterocycles. The highest BCUT2D eigenvalue weighted by Gasteiger charge is 1.84. The minimum atomic E-state index is 0.681. The fraction of sp³-hybridized carbons (Fsp3) is 0.333. The molecule has 1 heteroatoms. The monoisotopic (exact) mass is 196 g/mol. The highest BCUT2D eigenvalue weighted by molar-refractivity contribution is 6.17. The van der Waals surface area contributed by atoms with E-state index in [0.29, 0.717) is 5.88 Å². The summed E-state index contributed by atoms with van der Waals surface area (Å²) in [5.74, 6) is 0.681. The molecule has 2 radical (unpaired) electrons. The fourth-order valence-corrected chi connectivity index (χ4v) is 0.849. The first-order valence-corrected chi connectivity index (χ1v) is 5.07. The third-order valence-electron chi connectivity index (χ3n) is 1.44. The van der Waals surface area contributed by atoms with E-state index in [2.05, 4.69) is 38.1 Å². The quantitative estimate of drug-likeness (QED) is 0.644. The van der Waals surface area contributed by atoms with Gasteiger partial charge in [0.2, 0.25) is 0 Å². The second-order valence-electron chi connectivity index (χ2n) is 2.63. The Hall–Kier alpha value is -0.490. The van der Waals surface area contributed by atoms with Crippen LogP contribution in [0.4, 0.5) is 0 Å². The van der Waals surface area contributed by atoms with Crippen LogP contribution >= 0.6 is 11.6 Å². The molecule has 0 atom stereocenters. The predicted molar refractivity (Wildman–Crippen MR) is 60.8 cm³/mol. The van der Waals surface area contributed by atoms with Gasteiger partial charge in [0.05, 0.1) is 0 Å². The Morgan fingerprint density at radius 2 is 1.54 bits per heavy atom. The van der Waals surface area contributed by atoms with Gasteiger partial charge in [-0.25, -0.2) is 0 Å². The van der Waals surface area contributed by atoms with Crippen LogP contribution in [0.25, 0.3) is 0 Å². The highest BCUT2D eigenvalue weighted by Crippen LogP contribution is 2.00. The van der Waals surface area contributed by atoms with Gasteiger partial charge in [0, 0.05) is 5.88 Å². The maximum absolute atomic E-state index is 5.12. The summed E-state index contributed by atoms with van der Waals surface area (Å²) in [7, 11) is 0. The molecule has 1 rings (SSSR count). The standard InChI is InChI=1S/C9H11.C3H6Cl/c1-2-6-9-7-4-3-5-8-9;1-2-3-4/h3-5,7-8H,1-2,6H2;1-3H2. The highest BCUT2D eigenvalue weighted by atomic mass is 35.5. The molecule has 0 bridgehead atoms. The number of alkyl halides is 1. The van der Waals surface area contributed by atoms with Crippen LogP contribution in [0.15, 0.2) is 30.3 Å². The lowest BCUT2D eigenvalue weighted by Gasteiger charge is -1.93. The molecule has 0 N–H and O–H groups in total. The van der Waals surface area contributed by atoms with Crippen molar-refractivity contribution in [1.29, 1.82) is 0 Å². The van der Waals surface area contributed by atoms with E-state index in [4.69, 9.17) is 11.6 Å². The molecule has 0 aromatic heterocycles. The maximum atomic E-state index is 5.12.